The van der Waals surface area contributed by atoms with Gasteiger partial charge in [-0.1, -0.05) is 161 Å². The van der Waals surface area contributed by atoms with Gasteiger partial charge in [0, 0.05) is 6.42 Å². The van der Waals surface area contributed by atoms with Crippen LogP contribution < -0.4 is 5.32 Å². The predicted molar refractivity (Wildman–Crippen MR) is 184 cm³/mol. The Morgan fingerprint density at radius 3 is 1.40 bits per heavy atom. The van der Waals surface area contributed by atoms with Crippen molar-refractivity contribution in [3.8, 4) is 0 Å². The Labute approximate surface area is 267 Å². The summed E-state index contributed by atoms with van der Waals surface area (Å²) in [6.45, 7) is 4.45. The highest BCUT2D eigenvalue weighted by atomic mass is 32.2. The van der Waals surface area contributed by atoms with Gasteiger partial charge in [-0.15, -0.1) is 0 Å². The molecule has 0 spiro atoms. The number of hydrogen-bond donors (Lipinski definition) is 3. The van der Waals surface area contributed by atoms with Crippen molar-refractivity contribution in [2.24, 2.45) is 0 Å². The Hall–Kier alpha value is -0.920. The van der Waals surface area contributed by atoms with Gasteiger partial charge in [-0.25, -0.2) is 0 Å². The van der Waals surface area contributed by atoms with Crippen LogP contribution >= 0.6 is 0 Å². The van der Waals surface area contributed by atoms with E-state index < -0.39 is 28.0 Å². The number of aliphatic hydroxyl groups is 1. The van der Waals surface area contributed by atoms with Gasteiger partial charge in [0.05, 0.1) is 17.9 Å². The van der Waals surface area contributed by atoms with Gasteiger partial charge >= 0.3 is 0 Å². The second-order valence-corrected chi connectivity index (χ2v) is 14.4. The van der Waals surface area contributed by atoms with E-state index in [0.717, 1.165) is 38.5 Å². The number of allylic oxidation sites excluding steroid dienone is 2. The van der Waals surface area contributed by atoms with Crippen molar-refractivity contribution < 1.29 is 22.9 Å². The maximum absolute atomic E-state index is 12.4. The first-order chi connectivity index (χ1) is 20.8. The van der Waals surface area contributed by atoms with Crippen molar-refractivity contribution in [3.63, 3.8) is 0 Å². The van der Waals surface area contributed by atoms with E-state index in [4.69, 9.17) is 0 Å². The summed E-state index contributed by atoms with van der Waals surface area (Å²) in [4.78, 5) is 12.4. The van der Waals surface area contributed by atoms with Gasteiger partial charge in [0.2, 0.25) is 5.91 Å². The third kappa shape index (κ3) is 32.3. The van der Waals surface area contributed by atoms with E-state index in [1.807, 2.05) is 0 Å². The lowest BCUT2D eigenvalue weighted by Gasteiger charge is -2.23. The Morgan fingerprint density at radius 2 is 0.977 bits per heavy atom. The molecule has 256 valence electrons. The first-order valence-corrected chi connectivity index (χ1v) is 20.0. The second kappa shape index (κ2) is 31.1. The van der Waals surface area contributed by atoms with Crippen LogP contribution in [0.2, 0.25) is 0 Å². The molecule has 0 bridgehead atoms. The SMILES string of the molecule is CCCCCCCCCC/C=C\CCCCCCCCCCCC(=O)NC(CS(=O)(=O)O)C(O)CCCCCCCCC. The standard InChI is InChI=1S/C36H71NO5S/c1-3-5-7-9-11-12-13-14-15-16-17-18-19-20-21-22-23-24-26-28-30-32-36(39)37-34(33-43(40,41)42)35(38)31-29-27-25-10-8-6-4-2/h16-17,34-35,38H,3-15,18-33H2,1-2H3,(H,37,39)(H,40,41,42)/b17-16-. The maximum atomic E-state index is 12.4. The summed E-state index contributed by atoms with van der Waals surface area (Å²) in [5, 5.41) is 13.2. The van der Waals surface area contributed by atoms with E-state index in [0.29, 0.717) is 12.8 Å². The number of nitrogens with one attached hydrogen (secondary N) is 1. The van der Waals surface area contributed by atoms with Crippen LogP contribution in [0.25, 0.3) is 0 Å². The molecule has 2 unspecified atom stereocenters. The first-order valence-electron chi connectivity index (χ1n) is 18.4. The molecule has 0 aliphatic heterocycles. The molecule has 0 rings (SSSR count). The predicted octanol–water partition coefficient (Wildman–Crippen LogP) is 10.2. The lowest BCUT2D eigenvalue weighted by Crippen LogP contribution is -2.47. The molecule has 0 fully saturated rings. The molecule has 0 saturated heterocycles. The van der Waals surface area contributed by atoms with Crippen molar-refractivity contribution in [3.05, 3.63) is 12.2 Å². The average molecular weight is 630 g/mol. The molecule has 1 amide bonds. The van der Waals surface area contributed by atoms with Crippen LogP contribution in [0.1, 0.15) is 194 Å². The van der Waals surface area contributed by atoms with E-state index >= 15 is 0 Å². The van der Waals surface area contributed by atoms with Gasteiger partial charge in [-0.2, -0.15) is 8.42 Å². The normalized spacial score (nSPS) is 13.5. The third-order valence-electron chi connectivity index (χ3n) is 8.47. The molecule has 0 aromatic rings. The Morgan fingerprint density at radius 1 is 0.605 bits per heavy atom. The molecule has 0 aliphatic rings. The number of carbonyl (C=O) groups is 1. The highest BCUT2D eigenvalue weighted by Gasteiger charge is 2.26. The number of aliphatic hydroxyl groups excluding tert-OH is 1. The summed E-state index contributed by atoms with van der Waals surface area (Å²) in [5.74, 6) is -0.898. The minimum Gasteiger partial charge on any atom is -0.391 e. The topological polar surface area (TPSA) is 104 Å². The van der Waals surface area contributed by atoms with Crippen LogP contribution in [0.15, 0.2) is 12.2 Å². The fourth-order valence-electron chi connectivity index (χ4n) is 5.68. The van der Waals surface area contributed by atoms with Crippen LogP contribution in [-0.2, 0) is 14.9 Å². The van der Waals surface area contributed by atoms with Gasteiger partial charge in [0.25, 0.3) is 10.1 Å². The van der Waals surface area contributed by atoms with E-state index in [9.17, 15) is 22.9 Å². The summed E-state index contributed by atoms with van der Waals surface area (Å²) >= 11 is 0. The maximum Gasteiger partial charge on any atom is 0.266 e. The van der Waals surface area contributed by atoms with Crippen molar-refractivity contribution in [2.75, 3.05) is 5.75 Å². The van der Waals surface area contributed by atoms with Crippen LogP contribution in [0.3, 0.4) is 0 Å². The minimum atomic E-state index is -4.29. The summed E-state index contributed by atoms with van der Waals surface area (Å²) in [7, 11) is -4.29. The highest BCUT2D eigenvalue weighted by Crippen LogP contribution is 2.15. The van der Waals surface area contributed by atoms with E-state index in [1.54, 1.807) is 0 Å². The van der Waals surface area contributed by atoms with Crippen molar-refractivity contribution >= 4 is 16.0 Å². The Kier molecular flexibility index (Phi) is 30.4. The summed E-state index contributed by atoms with van der Waals surface area (Å²) < 4.78 is 32.2. The second-order valence-electron chi connectivity index (χ2n) is 12.9. The smallest absolute Gasteiger partial charge is 0.266 e. The lowest BCUT2D eigenvalue weighted by molar-refractivity contribution is -0.122. The van der Waals surface area contributed by atoms with Gasteiger partial charge in [-0.05, 0) is 38.5 Å². The van der Waals surface area contributed by atoms with Gasteiger partial charge in [0.15, 0.2) is 0 Å². The highest BCUT2D eigenvalue weighted by molar-refractivity contribution is 7.85. The lowest BCUT2D eigenvalue weighted by atomic mass is 10.0. The van der Waals surface area contributed by atoms with E-state index in [2.05, 4.69) is 31.3 Å². The van der Waals surface area contributed by atoms with E-state index in [-0.39, 0.29) is 5.91 Å². The molecule has 43 heavy (non-hydrogen) atoms. The zero-order valence-electron chi connectivity index (χ0n) is 28.3. The van der Waals surface area contributed by atoms with E-state index in [1.165, 1.54) is 128 Å². The van der Waals surface area contributed by atoms with Crippen LogP contribution in [0.4, 0.5) is 0 Å². The Balaban J connectivity index is 3.76. The fraction of sp³-hybridized carbons (Fsp3) is 0.917. The molecule has 6 nitrogen and oxygen atoms in total. The third-order valence-corrected chi connectivity index (χ3v) is 9.25. The molecular formula is C36H71NO5S. The van der Waals surface area contributed by atoms with Gasteiger partial charge in [-0.3, -0.25) is 9.35 Å². The summed E-state index contributed by atoms with van der Waals surface area (Å²) in [6.07, 6.45) is 36.1. The van der Waals surface area contributed by atoms with Crippen LogP contribution in [0.5, 0.6) is 0 Å². The molecule has 7 heteroatoms. The molecule has 0 aliphatic carbocycles. The van der Waals surface area contributed by atoms with Crippen molar-refractivity contribution in [1.82, 2.24) is 5.32 Å². The molecule has 3 N–H and O–H groups in total. The summed E-state index contributed by atoms with van der Waals surface area (Å²) in [6, 6.07) is -0.965. The van der Waals surface area contributed by atoms with Gasteiger partial charge < -0.3 is 10.4 Å². The molecular weight excluding hydrogens is 558 g/mol. The number of rotatable bonds is 33. The molecule has 2 atom stereocenters. The average Bonchev–Trinajstić information content (AvgIpc) is 2.96. The fourth-order valence-corrected chi connectivity index (χ4v) is 6.44. The van der Waals surface area contributed by atoms with Crippen molar-refractivity contribution in [1.29, 1.82) is 0 Å². The van der Waals surface area contributed by atoms with Crippen LogP contribution in [0, 0.1) is 0 Å². The molecule has 0 heterocycles. The minimum absolute atomic E-state index is 0.251. The number of hydrogen-bond acceptors (Lipinski definition) is 4. The monoisotopic (exact) mass is 630 g/mol. The zero-order chi connectivity index (χ0) is 31.9. The number of amides is 1. The zero-order valence-corrected chi connectivity index (χ0v) is 29.2. The van der Waals surface area contributed by atoms with Crippen molar-refractivity contribution in [2.45, 2.75) is 206 Å². The Bertz CT molecular complexity index is 740. The number of unbranched alkanes of at least 4 members (excludes halogenated alkanes) is 23. The molecule has 0 saturated carbocycles. The molecule has 0 aromatic carbocycles. The largest absolute Gasteiger partial charge is 0.391 e. The summed E-state index contributed by atoms with van der Waals surface area (Å²) in [5.41, 5.74) is 0. The van der Waals surface area contributed by atoms with Gasteiger partial charge in [0.1, 0.15) is 0 Å². The first kappa shape index (κ1) is 42.1. The molecule has 0 aromatic heterocycles. The molecule has 0 radical (unpaired) electrons. The quantitative estimate of drug-likeness (QED) is 0.0381. The number of carbonyl (C=O) groups excluding carboxylic acids is 1. The van der Waals surface area contributed by atoms with Crippen LogP contribution in [-0.4, -0.2) is 41.9 Å².